The van der Waals surface area contributed by atoms with Crippen LogP contribution in [0.1, 0.15) is 64.2 Å². The van der Waals surface area contributed by atoms with Crippen LogP contribution in [-0.2, 0) is 28.2 Å². The van der Waals surface area contributed by atoms with Gasteiger partial charge >= 0.3 is 0 Å². The van der Waals surface area contributed by atoms with Crippen molar-refractivity contribution in [3.63, 3.8) is 0 Å². The zero-order valence-electron chi connectivity index (χ0n) is 17.2. The van der Waals surface area contributed by atoms with Gasteiger partial charge in [0.25, 0.3) is 11.8 Å². The lowest BCUT2D eigenvalue weighted by Gasteiger charge is -2.27. The topological polar surface area (TPSA) is 136 Å². The Bertz CT molecular complexity index is 1150. The van der Waals surface area contributed by atoms with Gasteiger partial charge in [-0.25, -0.2) is 0 Å². The molecule has 1 saturated heterocycles. The summed E-state index contributed by atoms with van der Waals surface area (Å²) in [4.78, 5) is 50.3. The maximum atomic E-state index is 12.9. The highest BCUT2D eigenvalue weighted by Gasteiger charge is 2.44. The van der Waals surface area contributed by atoms with Crippen molar-refractivity contribution in [3.05, 3.63) is 46.1 Å². The number of nitrogens with zero attached hydrogens (tertiary/aromatic N) is 2. The molecule has 10 nitrogen and oxygen atoms in total. The molecule has 3 aliphatic heterocycles. The molecule has 0 bridgehead atoms. The molecule has 0 aliphatic carbocycles. The van der Waals surface area contributed by atoms with Crippen LogP contribution in [0.25, 0.3) is 0 Å². The van der Waals surface area contributed by atoms with Crippen LogP contribution in [-0.4, -0.2) is 44.8 Å². The van der Waals surface area contributed by atoms with Crippen molar-refractivity contribution in [2.75, 3.05) is 5.32 Å². The van der Waals surface area contributed by atoms with E-state index >= 15 is 0 Å². The summed E-state index contributed by atoms with van der Waals surface area (Å²) in [6.07, 6.45) is 0.234. The quantitative estimate of drug-likeness (QED) is 0.534. The van der Waals surface area contributed by atoms with Gasteiger partial charge in [0.15, 0.2) is 5.82 Å². The van der Waals surface area contributed by atoms with E-state index in [1.165, 1.54) is 0 Å². The first-order valence-corrected chi connectivity index (χ1v) is 10.2. The van der Waals surface area contributed by atoms with Crippen molar-refractivity contribution in [2.45, 2.75) is 51.4 Å². The molecule has 1 fully saturated rings. The van der Waals surface area contributed by atoms with E-state index in [9.17, 15) is 19.2 Å². The van der Waals surface area contributed by atoms with Crippen molar-refractivity contribution in [2.24, 2.45) is 0 Å². The number of fused-ring (bicyclic) bond motifs is 2. The van der Waals surface area contributed by atoms with Crippen LogP contribution in [0.4, 0.5) is 5.82 Å². The lowest BCUT2D eigenvalue weighted by molar-refractivity contribution is -0.136. The number of hydrogen-bond acceptors (Lipinski definition) is 7. The van der Waals surface area contributed by atoms with E-state index in [0.29, 0.717) is 13.1 Å². The SMILES string of the molecule is CC1(C)NCc2c(NCc3ccc4c(c3)C(=O)N(C3CCC(=O)NC3=O)C4=O)n[nH]c21. The van der Waals surface area contributed by atoms with E-state index in [4.69, 9.17) is 0 Å². The third-order valence-electron chi connectivity index (χ3n) is 6.16. The summed E-state index contributed by atoms with van der Waals surface area (Å²) in [7, 11) is 0. The van der Waals surface area contributed by atoms with E-state index in [2.05, 4.69) is 40.0 Å². The lowest BCUT2D eigenvalue weighted by atomic mass is 10.0. The van der Waals surface area contributed by atoms with Crippen molar-refractivity contribution < 1.29 is 19.2 Å². The number of H-pyrrole nitrogens is 1. The van der Waals surface area contributed by atoms with Crippen LogP contribution in [0.15, 0.2) is 18.2 Å². The number of aromatic amines is 1. The molecule has 160 valence electrons. The van der Waals surface area contributed by atoms with Gasteiger partial charge in [0.05, 0.1) is 22.4 Å². The van der Waals surface area contributed by atoms with Crippen LogP contribution < -0.4 is 16.0 Å². The molecular weight excluding hydrogens is 400 g/mol. The minimum atomic E-state index is -0.964. The molecule has 0 radical (unpaired) electrons. The van der Waals surface area contributed by atoms with E-state index in [0.717, 1.165) is 27.5 Å². The molecule has 0 spiro atoms. The van der Waals surface area contributed by atoms with Gasteiger partial charge in [-0.15, -0.1) is 0 Å². The monoisotopic (exact) mass is 422 g/mol. The predicted octanol–water partition coefficient (Wildman–Crippen LogP) is 0.761. The molecule has 1 unspecified atom stereocenters. The van der Waals surface area contributed by atoms with Gasteiger partial charge < -0.3 is 10.6 Å². The second-order valence-corrected chi connectivity index (χ2v) is 8.59. The van der Waals surface area contributed by atoms with Crippen LogP contribution in [0.5, 0.6) is 0 Å². The third kappa shape index (κ3) is 3.02. The largest absolute Gasteiger partial charge is 0.364 e. The second kappa shape index (κ2) is 6.74. The number of benzene rings is 1. The number of carbonyl (C=O) groups is 4. The van der Waals surface area contributed by atoms with E-state index in [1.807, 2.05) is 0 Å². The van der Waals surface area contributed by atoms with Crippen molar-refractivity contribution in [3.8, 4) is 0 Å². The minimum Gasteiger partial charge on any atom is -0.364 e. The molecule has 1 aromatic carbocycles. The fraction of sp³-hybridized carbons (Fsp3) is 0.381. The molecule has 4 heterocycles. The highest BCUT2D eigenvalue weighted by molar-refractivity contribution is 6.23. The maximum Gasteiger partial charge on any atom is 0.262 e. The number of carbonyl (C=O) groups excluding carboxylic acids is 4. The molecule has 10 heteroatoms. The van der Waals surface area contributed by atoms with Gasteiger partial charge in [0.2, 0.25) is 11.8 Å². The van der Waals surface area contributed by atoms with Gasteiger partial charge in [-0.2, -0.15) is 5.10 Å². The number of hydrogen-bond donors (Lipinski definition) is 4. The fourth-order valence-electron chi connectivity index (χ4n) is 4.41. The molecule has 1 aromatic heterocycles. The normalized spacial score (nSPS) is 21.9. The Morgan fingerprint density at radius 2 is 1.94 bits per heavy atom. The Balaban J connectivity index is 1.34. The van der Waals surface area contributed by atoms with Crippen LogP contribution in [0.2, 0.25) is 0 Å². The summed E-state index contributed by atoms with van der Waals surface area (Å²) in [6, 6.07) is 4.09. The summed E-state index contributed by atoms with van der Waals surface area (Å²) in [5, 5.41) is 16.3. The Hall–Kier alpha value is -3.53. The van der Waals surface area contributed by atoms with E-state index < -0.39 is 29.7 Å². The van der Waals surface area contributed by atoms with Crippen molar-refractivity contribution >= 4 is 29.4 Å². The molecule has 3 aliphatic rings. The van der Waals surface area contributed by atoms with Gasteiger partial charge in [-0.1, -0.05) is 6.07 Å². The molecule has 31 heavy (non-hydrogen) atoms. The summed E-state index contributed by atoms with van der Waals surface area (Å²) >= 11 is 0. The van der Waals surface area contributed by atoms with Crippen molar-refractivity contribution in [1.82, 2.24) is 25.7 Å². The Morgan fingerprint density at radius 3 is 2.71 bits per heavy atom. The van der Waals surface area contributed by atoms with E-state index in [-0.39, 0.29) is 29.5 Å². The number of anilines is 1. The van der Waals surface area contributed by atoms with Crippen LogP contribution in [0, 0.1) is 0 Å². The molecule has 0 saturated carbocycles. The summed E-state index contributed by atoms with van der Waals surface area (Å²) in [5.74, 6) is -1.28. The Labute approximate surface area is 177 Å². The predicted molar refractivity (Wildman–Crippen MR) is 109 cm³/mol. The summed E-state index contributed by atoms with van der Waals surface area (Å²) < 4.78 is 0. The van der Waals surface area contributed by atoms with Crippen LogP contribution in [0.3, 0.4) is 0 Å². The first-order chi connectivity index (χ1) is 14.8. The number of aromatic nitrogens is 2. The zero-order valence-corrected chi connectivity index (χ0v) is 17.2. The maximum absolute atomic E-state index is 12.9. The average Bonchev–Trinajstić information content (AvgIpc) is 3.35. The first-order valence-electron chi connectivity index (χ1n) is 10.2. The average molecular weight is 422 g/mol. The second-order valence-electron chi connectivity index (χ2n) is 8.59. The molecule has 5 rings (SSSR count). The number of piperidine rings is 1. The standard InChI is InChI=1S/C21H22N6O4/c1-21(2)16-13(9-23-21)17(26-25-16)22-8-10-3-4-11-12(7-10)20(31)27(19(11)30)14-5-6-15(28)24-18(14)29/h3-4,7,14,23H,5-6,8-9H2,1-2H3,(H2,22,25,26)(H,24,28,29). The van der Waals surface area contributed by atoms with E-state index in [1.54, 1.807) is 18.2 Å². The minimum absolute atomic E-state index is 0.0959. The third-order valence-corrected chi connectivity index (χ3v) is 6.16. The highest BCUT2D eigenvalue weighted by atomic mass is 16.2. The van der Waals surface area contributed by atoms with Crippen LogP contribution >= 0.6 is 0 Å². The van der Waals surface area contributed by atoms with Gasteiger partial charge in [0.1, 0.15) is 6.04 Å². The number of imide groups is 2. The molecule has 2 aromatic rings. The summed E-state index contributed by atoms with van der Waals surface area (Å²) in [6.45, 7) is 5.29. The van der Waals surface area contributed by atoms with Crippen molar-refractivity contribution in [1.29, 1.82) is 0 Å². The zero-order chi connectivity index (χ0) is 21.9. The van der Waals surface area contributed by atoms with Gasteiger partial charge in [0, 0.05) is 25.1 Å². The number of nitrogens with one attached hydrogen (secondary N) is 4. The first kappa shape index (κ1) is 19.4. The number of rotatable bonds is 4. The van der Waals surface area contributed by atoms with Gasteiger partial charge in [-0.3, -0.25) is 34.5 Å². The fourth-order valence-corrected chi connectivity index (χ4v) is 4.41. The Kier molecular flexibility index (Phi) is 4.23. The molecule has 1 atom stereocenters. The summed E-state index contributed by atoms with van der Waals surface area (Å²) in [5.41, 5.74) is 3.31. The Morgan fingerprint density at radius 1 is 1.16 bits per heavy atom. The molecule has 4 amide bonds. The van der Waals surface area contributed by atoms with Gasteiger partial charge in [-0.05, 0) is 38.0 Å². The lowest BCUT2D eigenvalue weighted by Crippen LogP contribution is -2.54. The molecular formula is C21H22N6O4. The highest BCUT2D eigenvalue weighted by Crippen LogP contribution is 2.33. The smallest absolute Gasteiger partial charge is 0.262 e. The number of amides is 4. The molecule has 4 N–H and O–H groups in total.